The molecule has 8 atom stereocenters. The topological polar surface area (TPSA) is 283 Å². The first-order chi connectivity index (χ1) is 32.5. The van der Waals surface area contributed by atoms with E-state index in [0.29, 0.717) is 60.1 Å². The number of ether oxygens (including phenoxy) is 2. The van der Waals surface area contributed by atoms with Crippen molar-refractivity contribution in [3.05, 3.63) is 94.6 Å². The quantitative estimate of drug-likeness (QED) is 0.0653. The highest BCUT2D eigenvalue weighted by atomic mass is 16.8. The SMILES string of the molecule is O=C(C=Cc1ccc(O)c(CC2=NCN=C2)c1)N1c2cc(OC3(O)OC(CO)C(O)C(O)C3O)c(O)cc2C2C(C3(c4ccccc4O)CCCCC3)C(CCC3(O)CCCCC3)=CC21C(=O)O. The molecule has 1 saturated heterocycles. The number of aliphatic hydroxyl groups is 6. The van der Waals surface area contributed by atoms with Crippen molar-refractivity contribution >= 4 is 35.6 Å². The molecule has 9 rings (SSSR count). The number of carbonyl (C=O) groups excluding carboxylic acids is 1. The highest BCUT2D eigenvalue weighted by Gasteiger charge is 2.68. The molecule has 1 amide bonds. The van der Waals surface area contributed by atoms with Gasteiger partial charge in [0.25, 0.3) is 5.91 Å². The number of phenolic OH excluding ortho intramolecular Hbond substituents is 3. The summed E-state index contributed by atoms with van der Waals surface area (Å²) in [6.45, 7) is -0.632. The third-order valence-electron chi connectivity index (χ3n) is 15.3. The van der Waals surface area contributed by atoms with Crippen LogP contribution in [-0.2, 0) is 26.2 Å². The molecule has 3 aromatic carbocycles. The number of amides is 1. The van der Waals surface area contributed by atoms with Gasteiger partial charge >= 0.3 is 11.9 Å². The summed E-state index contributed by atoms with van der Waals surface area (Å²) in [5, 5.41) is 111. The summed E-state index contributed by atoms with van der Waals surface area (Å²) >= 11 is 0. The van der Waals surface area contributed by atoms with E-state index < -0.39 is 88.8 Å². The van der Waals surface area contributed by atoms with Crippen LogP contribution in [0.4, 0.5) is 5.69 Å². The van der Waals surface area contributed by atoms with Gasteiger partial charge in [-0.2, -0.15) is 0 Å². The van der Waals surface area contributed by atoms with Crippen LogP contribution in [0.5, 0.6) is 23.0 Å². The second-order valence-electron chi connectivity index (χ2n) is 19.4. The van der Waals surface area contributed by atoms with E-state index in [1.165, 1.54) is 24.3 Å². The number of anilines is 1. The van der Waals surface area contributed by atoms with Crippen LogP contribution < -0.4 is 9.64 Å². The fourth-order valence-electron chi connectivity index (χ4n) is 12.1. The average molecular weight is 938 g/mol. The number of aliphatic imine (C=N–C) groups is 2. The predicted octanol–water partition coefficient (Wildman–Crippen LogP) is 4.23. The summed E-state index contributed by atoms with van der Waals surface area (Å²) in [5.41, 5.74) is -0.963. The van der Waals surface area contributed by atoms with E-state index in [1.807, 2.05) is 12.1 Å². The number of hydrogen-bond acceptors (Lipinski definition) is 15. The number of aromatic hydroxyl groups is 3. The van der Waals surface area contributed by atoms with Gasteiger partial charge in [0.1, 0.15) is 36.5 Å². The Bertz CT molecular complexity index is 2560. The number of hydrogen-bond donors (Lipinski definition) is 10. The lowest BCUT2D eigenvalue weighted by atomic mass is 9.55. The Morgan fingerprint density at radius 3 is 2.25 bits per heavy atom. The molecular formula is C51H59N3O14. The van der Waals surface area contributed by atoms with Crippen molar-refractivity contribution in [3.8, 4) is 23.0 Å². The Hall–Kier alpha value is -5.66. The van der Waals surface area contributed by atoms with Crippen LogP contribution in [0.15, 0.2) is 82.3 Å². The first-order valence-corrected chi connectivity index (χ1v) is 23.5. The van der Waals surface area contributed by atoms with Crippen molar-refractivity contribution < 1.29 is 70.1 Å². The van der Waals surface area contributed by atoms with Crippen molar-refractivity contribution in [3.63, 3.8) is 0 Å². The smallest absolute Gasteiger partial charge is 0.355 e. The lowest BCUT2D eigenvalue weighted by Crippen LogP contribution is -2.67. The number of carboxylic acids is 1. The largest absolute Gasteiger partial charge is 0.508 e. The molecule has 3 aliphatic heterocycles. The number of allylic oxidation sites excluding steroid dienone is 1. The number of carbonyl (C=O) groups is 2. The molecule has 6 aliphatic rings. The van der Waals surface area contributed by atoms with E-state index in [4.69, 9.17) is 9.47 Å². The van der Waals surface area contributed by atoms with E-state index in [0.717, 1.165) is 49.5 Å². The molecule has 10 N–H and O–H groups in total. The number of carboxylic acid groups (broad SMARTS) is 1. The Morgan fingerprint density at radius 2 is 1.57 bits per heavy atom. The van der Waals surface area contributed by atoms with Crippen LogP contribution >= 0.6 is 0 Å². The number of aliphatic hydroxyl groups excluding tert-OH is 4. The van der Waals surface area contributed by atoms with Crippen LogP contribution in [0.1, 0.15) is 105 Å². The minimum Gasteiger partial charge on any atom is -0.508 e. The van der Waals surface area contributed by atoms with Gasteiger partial charge in [-0.15, -0.1) is 0 Å². The molecule has 3 fully saturated rings. The maximum Gasteiger partial charge on any atom is 0.355 e. The fourth-order valence-corrected chi connectivity index (χ4v) is 12.1. The fraction of sp³-hybridized carbons (Fsp3) is 0.490. The third-order valence-corrected chi connectivity index (χ3v) is 15.3. The van der Waals surface area contributed by atoms with Crippen LogP contribution in [0.2, 0.25) is 0 Å². The van der Waals surface area contributed by atoms with E-state index in [-0.39, 0.29) is 42.3 Å². The maximum absolute atomic E-state index is 15.3. The zero-order valence-corrected chi connectivity index (χ0v) is 37.5. The van der Waals surface area contributed by atoms with Crippen molar-refractivity contribution in [2.45, 2.75) is 136 Å². The zero-order chi connectivity index (χ0) is 48.2. The molecule has 3 heterocycles. The molecule has 3 aliphatic carbocycles. The summed E-state index contributed by atoms with van der Waals surface area (Å²) in [5.74, 6) is -8.49. The van der Waals surface area contributed by atoms with Crippen LogP contribution in [0.3, 0.4) is 0 Å². The molecule has 0 aromatic heterocycles. The van der Waals surface area contributed by atoms with Crippen LogP contribution in [0.25, 0.3) is 6.08 Å². The molecular weight excluding hydrogens is 879 g/mol. The molecule has 17 heteroatoms. The van der Waals surface area contributed by atoms with E-state index in [9.17, 15) is 55.9 Å². The summed E-state index contributed by atoms with van der Waals surface area (Å²) in [4.78, 5) is 39.4. The molecule has 8 unspecified atom stereocenters. The van der Waals surface area contributed by atoms with Gasteiger partial charge in [0.05, 0.1) is 23.6 Å². The van der Waals surface area contributed by atoms with Crippen molar-refractivity contribution in [1.82, 2.24) is 0 Å². The van der Waals surface area contributed by atoms with Gasteiger partial charge in [-0.3, -0.25) is 19.7 Å². The summed E-state index contributed by atoms with van der Waals surface area (Å²) < 4.78 is 11.1. The summed E-state index contributed by atoms with van der Waals surface area (Å²) in [7, 11) is 0. The summed E-state index contributed by atoms with van der Waals surface area (Å²) in [6.07, 6.45) is 6.17. The number of phenols is 3. The van der Waals surface area contributed by atoms with Gasteiger partial charge in [0.2, 0.25) is 0 Å². The van der Waals surface area contributed by atoms with E-state index in [1.54, 1.807) is 36.6 Å². The van der Waals surface area contributed by atoms with Crippen molar-refractivity contribution in [2.24, 2.45) is 15.9 Å². The normalized spacial score (nSPS) is 30.5. The molecule has 362 valence electrons. The van der Waals surface area contributed by atoms with Crippen LogP contribution in [0, 0.1) is 5.92 Å². The summed E-state index contributed by atoms with van der Waals surface area (Å²) in [6, 6.07) is 14.1. The highest BCUT2D eigenvalue weighted by molar-refractivity contribution is 6.32. The van der Waals surface area contributed by atoms with Gasteiger partial charge in [-0.05, 0) is 92.0 Å². The standard InChI is InChI=1S/C51H59N3O14/c55-27-40-44(60)45(61)46(62)51(66,68-40)67-39-24-35-33(23-38(39)58)43-42(49(18-7-2-8-19-49)34-9-3-4-10-37(34)57)30(15-20-48(65)16-5-1-6-17-48)25-50(43,47(63)64)54(35)41(59)14-12-29-11-13-36(56)31(21-29)22-32-26-52-28-53-32/h3-4,9-14,21,23-26,40,42-46,55-58,60-62,65-66H,1-2,5-8,15-20,22,27-28H2,(H,63,64). The first kappa shape index (κ1) is 47.4. The first-order valence-electron chi connectivity index (χ1n) is 23.5. The Morgan fingerprint density at radius 1 is 0.853 bits per heavy atom. The van der Waals surface area contributed by atoms with Gasteiger partial charge < -0.3 is 60.5 Å². The maximum atomic E-state index is 15.3. The number of benzene rings is 3. The van der Waals surface area contributed by atoms with E-state index in [2.05, 4.69) is 9.98 Å². The van der Waals surface area contributed by atoms with Crippen molar-refractivity contribution in [2.75, 3.05) is 18.2 Å². The Balaban J connectivity index is 1.22. The van der Waals surface area contributed by atoms with Crippen molar-refractivity contribution in [1.29, 1.82) is 0 Å². The second-order valence-corrected chi connectivity index (χ2v) is 19.4. The van der Waals surface area contributed by atoms with Gasteiger partial charge in [0, 0.05) is 47.2 Å². The van der Waals surface area contributed by atoms with Gasteiger partial charge in [-0.25, -0.2) is 4.79 Å². The molecule has 0 spiro atoms. The molecule has 17 nitrogen and oxygen atoms in total. The predicted molar refractivity (Wildman–Crippen MR) is 248 cm³/mol. The Kier molecular flexibility index (Phi) is 12.8. The molecule has 0 radical (unpaired) electrons. The monoisotopic (exact) mass is 937 g/mol. The minimum atomic E-state index is -3.18. The number of rotatable bonds is 13. The minimum absolute atomic E-state index is 0.000318. The zero-order valence-electron chi connectivity index (χ0n) is 37.5. The molecule has 2 saturated carbocycles. The number of para-hydroxylation sites is 1. The molecule has 3 aromatic rings. The molecule has 0 bridgehead atoms. The molecule has 68 heavy (non-hydrogen) atoms. The Labute approximate surface area is 392 Å². The van der Waals surface area contributed by atoms with Crippen LogP contribution in [-0.4, -0.2) is 130 Å². The lowest BCUT2D eigenvalue weighted by Gasteiger charge is -2.48. The number of aliphatic carboxylic acids is 1. The van der Waals surface area contributed by atoms with E-state index >= 15 is 4.79 Å². The van der Waals surface area contributed by atoms with Gasteiger partial charge in [-0.1, -0.05) is 68.4 Å². The van der Waals surface area contributed by atoms with Gasteiger partial charge in [0.15, 0.2) is 23.1 Å². The lowest BCUT2D eigenvalue weighted by molar-refractivity contribution is -0.422. The highest BCUT2D eigenvalue weighted by Crippen LogP contribution is 2.67. The second kappa shape index (κ2) is 18.3. The number of nitrogens with zero attached hydrogens (tertiary/aromatic N) is 3. The third kappa shape index (κ3) is 8.16. The number of fused-ring (bicyclic) bond motifs is 3. The average Bonchev–Trinajstić information content (AvgIpc) is 4.04.